The molecule has 0 bridgehead atoms. The van der Waals surface area contributed by atoms with Gasteiger partial charge in [-0.2, -0.15) is 5.10 Å². The van der Waals surface area contributed by atoms with Crippen LogP contribution < -0.4 is 15.5 Å². The number of nitrogens with one attached hydrogen (secondary N) is 2. The molecule has 2 rings (SSSR count). The molecule has 152 valence electrons. The molecule has 0 atom stereocenters. The van der Waals surface area contributed by atoms with Gasteiger partial charge in [-0.1, -0.05) is 56.3 Å². The summed E-state index contributed by atoms with van der Waals surface area (Å²) < 4.78 is 5.52. The van der Waals surface area contributed by atoms with Crippen molar-refractivity contribution in [1.29, 1.82) is 0 Å². The van der Waals surface area contributed by atoms with Crippen LogP contribution in [0.4, 0.5) is 5.69 Å². The fraction of sp³-hybridized carbons (Fsp3) is 0.227. The summed E-state index contributed by atoms with van der Waals surface area (Å²) in [6.45, 7) is 7.90. The number of nitrogens with zero attached hydrogens (tertiary/aromatic N) is 1. The largest absolute Gasteiger partial charge is 0.489 e. The van der Waals surface area contributed by atoms with Gasteiger partial charge in [0.2, 0.25) is 0 Å². The van der Waals surface area contributed by atoms with E-state index in [2.05, 4.69) is 22.4 Å². The smallest absolute Gasteiger partial charge is 0.329 e. The van der Waals surface area contributed by atoms with E-state index in [1.807, 2.05) is 32.0 Å². The predicted octanol–water partition coefficient (Wildman–Crippen LogP) is 4.12. The van der Waals surface area contributed by atoms with Gasteiger partial charge in [-0.3, -0.25) is 9.59 Å². The van der Waals surface area contributed by atoms with Crippen LogP contribution in [0.2, 0.25) is 5.02 Å². The second-order valence-electron chi connectivity index (χ2n) is 6.09. The fourth-order valence-electron chi connectivity index (χ4n) is 2.68. The number of benzene rings is 2. The van der Waals surface area contributed by atoms with Crippen molar-refractivity contribution in [1.82, 2.24) is 5.43 Å². The topological polar surface area (TPSA) is 79.8 Å². The maximum Gasteiger partial charge on any atom is 0.329 e. The van der Waals surface area contributed by atoms with Crippen LogP contribution in [0.5, 0.6) is 5.75 Å². The van der Waals surface area contributed by atoms with Crippen molar-refractivity contribution in [3.05, 3.63) is 70.8 Å². The summed E-state index contributed by atoms with van der Waals surface area (Å²) in [6.07, 6.45) is 4.46. The lowest BCUT2D eigenvalue weighted by Gasteiger charge is -2.13. The lowest BCUT2D eigenvalue weighted by atomic mass is 10.0. The number of anilines is 1. The molecule has 0 aliphatic carbocycles. The second-order valence-corrected chi connectivity index (χ2v) is 6.53. The van der Waals surface area contributed by atoms with Crippen LogP contribution in [-0.4, -0.2) is 24.6 Å². The van der Waals surface area contributed by atoms with E-state index in [0.717, 1.165) is 24.0 Å². The molecule has 6 nitrogen and oxygen atoms in total. The summed E-state index contributed by atoms with van der Waals surface area (Å²) in [5.74, 6) is -1.13. The lowest BCUT2D eigenvalue weighted by Crippen LogP contribution is -2.33. The Morgan fingerprint density at radius 1 is 1.14 bits per heavy atom. The van der Waals surface area contributed by atoms with Gasteiger partial charge in [0.1, 0.15) is 12.4 Å². The minimum atomic E-state index is -0.871. The van der Waals surface area contributed by atoms with E-state index in [4.69, 9.17) is 16.3 Å². The highest BCUT2D eigenvalue weighted by Crippen LogP contribution is 2.23. The van der Waals surface area contributed by atoms with Crippen molar-refractivity contribution >= 4 is 35.3 Å². The Hall–Kier alpha value is -3.12. The first-order valence-electron chi connectivity index (χ1n) is 9.28. The SMILES string of the molecule is C=CCOc1ccc(Cl)cc1/C=N\NC(=O)C(=O)Nc1c(CC)cccc1CC. The Morgan fingerprint density at radius 3 is 2.45 bits per heavy atom. The van der Waals surface area contributed by atoms with Crippen molar-refractivity contribution in [3.8, 4) is 5.75 Å². The van der Waals surface area contributed by atoms with Gasteiger partial charge in [-0.15, -0.1) is 0 Å². The average Bonchev–Trinajstić information content (AvgIpc) is 2.73. The summed E-state index contributed by atoms with van der Waals surface area (Å²) in [5, 5.41) is 7.04. The molecule has 2 N–H and O–H groups in total. The Balaban J connectivity index is 2.07. The van der Waals surface area contributed by atoms with Crippen molar-refractivity contribution in [2.24, 2.45) is 5.10 Å². The van der Waals surface area contributed by atoms with Crippen LogP contribution in [0.15, 0.2) is 54.2 Å². The molecule has 0 heterocycles. The maximum atomic E-state index is 12.3. The third-order valence-electron chi connectivity index (χ3n) is 4.14. The first-order valence-corrected chi connectivity index (χ1v) is 9.66. The number of rotatable bonds is 8. The van der Waals surface area contributed by atoms with Crippen molar-refractivity contribution in [2.75, 3.05) is 11.9 Å². The molecule has 0 saturated heterocycles. The van der Waals surface area contributed by atoms with Crippen LogP contribution in [0.3, 0.4) is 0 Å². The number of amides is 2. The fourth-order valence-corrected chi connectivity index (χ4v) is 2.87. The molecular formula is C22H24ClN3O3. The van der Waals surface area contributed by atoms with Crippen molar-refractivity contribution in [2.45, 2.75) is 26.7 Å². The van der Waals surface area contributed by atoms with E-state index in [9.17, 15) is 9.59 Å². The number of hydrogen-bond donors (Lipinski definition) is 2. The molecule has 2 aromatic rings. The maximum absolute atomic E-state index is 12.3. The van der Waals surface area contributed by atoms with E-state index in [-0.39, 0.29) is 0 Å². The Morgan fingerprint density at radius 2 is 1.83 bits per heavy atom. The zero-order valence-corrected chi connectivity index (χ0v) is 17.3. The third-order valence-corrected chi connectivity index (χ3v) is 4.38. The molecule has 0 spiro atoms. The highest BCUT2D eigenvalue weighted by molar-refractivity contribution is 6.39. The molecular weight excluding hydrogens is 390 g/mol. The number of ether oxygens (including phenoxy) is 1. The van der Waals surface area contributed by atoms with Gasteiger partial charge < -0.3 is 10.1 Å². The second kappa shape index (κ2) is 11.0. The number of carbonyl (C=O) groups is 2. The summed E-state index contributed by atoms with van der Waals surface area (Å²) in [5.41, 5.74) is 5.40. The highest BCUT2D eigenvalue weighted by Gasteiger charge is 2.16. The molecule has 2 aromatic carbocycles. The van der Waals surface area contributed by atoms with Gasteiger partial charge in [0.25, 0.3) is 0 Å². The van der Waals surface area contributed by atoms with E-state index in [0.29, 0.717) is 28.6 Å². The minimum absolute atomic E-state index is 0.313. The van der Waals surface area contributed by atoms with E-state index in [1.165, 1.54) is 6.21 Å². The van der Waals surface area contributed by atoms with Gasteiger partial charge in [-0.25, -0.2) is 5.43 Å². The zero-order valence-electron chi connectivity index (χ0n) is 16.5. The molecule has 0 aromatic heterocycles. The molecule has 2 amide bonds. The molecule has 7 heteroatoms. The van der Waals surface area contributed by atoms with E-state index < -0.39 is 11.8 Å². The first kappa shape index (κ1) is 22.2. The van der Waals surface area contributed by atoms with Gasteiger partial charge in [-0.05, 0) is 42.2 Å². The molecule has 0 radical (unpaired) electrons. The van der Waals surface area contributed by atoms with Gasteiger partial charge in [0, 0.05) is 16.3 Å². The third kappa shape index (κ3) is 6.19. The lowest BCUT2D eigenvalue weighted by molar-refractivity contribution is -0.136. The molecule has 0 saturated carbocycles. The van der Waals surface area contributed by atoms with Crippen LogP contribution in [0, 0.1) is 0 Å². The number of para-hydroxylation sites is 1. The molecule has 0 fully saturated rings. The van der Waals surface area contributed by atoms with Gasteiger partial charge >= 0.3 is 11.8 Å². The molecule has 0 unspecified atom stereocenters. The normalized spacial score (nSPS) is 10.6. The number of carbonyl (C=O) groups excluding carboxylic acids is 2. The summed E-state index contributed by atoms with van der Waals surface area (Å²) in [4.78, 5) is 24.5. The zero-order chi connectivity index (χ0) is 21.2. The Labute approximate surface area is 175 Å². The van der Waals surface area contributed by atoms with Crippen LogP contribution in [0.25, 0.3) is 0 Å². The monoisotopic (exact) mass is 413 g/mol. The van der Waals surface area contributed by atoms with Gasteiger partial charge in [0.05, 0.1) is 6.21 Å². The Bertz CT molecular complexity index is 903. The van der Waals surface area contributed by atoms with E-state index >= 15 is 0 Å². The summed E-state index contributed by atoms with van der Waals surface area (Å²) in [6, 6.07) is 10.8. The standard InChI is InChI=1S/C22H24ClN3O3/c1-4-12-29-19-11-10-18(23)13-17(19)14-24-26-22(28)21(27)25-20-15(5-2)8-7-9-16(20)6-3/h4,7-11,13-14H,1,5-6,12H2,2-3H3,(H,25,27)(H,26,28)/b24-14-. The average molecular weight is 414 g/mol. The highest BCUT2D eigenvalue weighted by atomic mass is 35.5. The van der Waals surface area contributed by atoms with Crippen molar-refractivity contribution in [3.63, 3.8) is 0 Å². The number of halogens is 1. The van der Waals surface area contributed by atoms with Gasteiger partial charge in [0.15, 0.2) is 0 Å². The number of hydrogen-bond acceptors (Lipinski definition) is 4. The van der Waals surface area contributed by atoms with E-state index in [1.54, 1.807) is 24.3 Å². The molecule has 29 heavy (non-hydrogen) atoms. The Kier molecular flexibility index (Phi) is 8.43. The van der Waals surface area contributed by atoms with Crippen LogP contribution in [0.1, 0.15) is 30.5 Å². The van der Waals surface area contributed by atoms with Crippen molar-refractivity contribution < 1.29 is 14.3 Å². The van der Waals surface area contributed by atoms with Crippen LogP contribution in [-0.2, 0) is 22.4 Å². The van der Waals surface area contributed by atoms with Crippen LogP contribution >= 0.6 is 11.6 Å². The minimum Gasteiger partial charge on any atom is -0.489 e. The summed E-state index contributed by atoms with van der Waals surface area (Å²) in [7, 11) is 0. The molecule has 0 aliphatic rings. The number of hydrazone groups is 1. The first-order chi connectivity index (χ1) is 14.0. The number of aryl methyl sites for hydroxylation is 2. The molecule has 0 aliphatic heterocycles. The predicted molar refractivity (Wildman–Crippen MR) is 117 cm³/mol. The summed E-state index contributed by atoms with van der Waals surface area (Å²) >= 11 is 6.00. The quantitative estimate of drug-likeness (QED) is 0.295.